The fraction of sp³-hybridized carbons (Fsp3) is 0.933. The van der Waals surface area contributed by atoms with E-state index in [-0.39, 0.29) is 75.8 Å². The predicted molar refractivity (Wildman–Crippen MR) is 261 cm³/mol. The molecule has 0 aliphatic rings. The van der Waals surface area contributed by atoms with Gasteiger partial charge in [0, 0.05) is 64.5 Å². The normalized spacial score (nSPS) is 12.5. The number of amides is 3. The molecule has 0 bridgehead atoms. The molecule has 0 radical (unpaired) electrons. The van der Waals surface area contributed by atoms with Gasteiger partial charge in [0.05, 0.1) is 59.5 Å². The minimum atomic E-state index is -3.56. The molecule has 0 fully saturated rings. The van der Waals surface area contributed by atoms with Gasteiger partial charge in [-0.05, 0) is 86.5 Å². The number of carbonyl (C=O) groups is 3. The quantitative estimate of drug-likeness (QED) is 0.0413. The summed E-state index contributed by atoms with van der Waals surface area (Å²) in [6.07, 6.45) is 6.43. The second-order valence-electron chi connectivity index (χ2n) is 16.1. The van der Waals surface area contributed by atoms with Crippen molar-refractivity contribution in [1.82, 2.24) is 14.7 Å². The molecule has 0 aliphatic heterocycles. The number of unbranched alkanes of at least 4 members (excludes halogenated alkanes) is 3. The van der Waals surface area contributed by atoms with Crippen molar-refractivity contribution in [2.45, 2.75) is 133 Å². The minimum absolute atomic E-state index is 0.177. The lowest BCUT2D eigenvalue weighted by Crippen LogP contribution is -2.39. The molecule has 18 nitrogen and oxygen atoms in total. The van der Waals surface area contributed by atoms with E-state index in [9.17, 15) is 28.1 Å². The lowest BCUT2D eigenvalue weighted by molar-refractivity contribution is -0.129. The summed E-state index contributed by atoms with van der Waals surface area (Å²) in [6, 6.07) is 0. The van der Waals surface area contributed by atoms with E-state index in [0.29, 0.717) is 105 Å². The minimum Gasteiger partial charge on any atom is -0.381 e. The van der Waals surface area contributed by atoms with Crippen LogP contribution >= 0.6 is 22.8 Å². The van der Waals surface area contributed by atoms with Gasteiger partial charge in [-0.25, -0.2) is 0 Å². The maximum absolute atomic E-state index is 13.3. The summed E-state index contributed by atoms with van der Waals surface area (Å²) in [5.74, 6) is -0.837. The van der Waals surface area contributed by atoms with Crippen molar-refractivity contribution in [2.24, 2.45) is 5.41 Å². The van der Waals surface area contributed by atoms with Gasteiger partial charge in [0.15, 0.2) is 0 Å². The zero-order valence-corrected chi connectivity index (χ0v) is 45.4. The van der Waals surface area contributed by atoms with Crippen LogP contribution in [0.4, 0.5) is 0 Å². The van der Waals surface area contributed by atoms with Crippen molar-refractivity contribution in [3.63, 3.8) is 0 Å². The third-order valence-corrected chi connectivity index (χ3v) is 16.4. The first-order valence-electron chi connectivity index (χ1n) is 24.8. The number of hydrogen-bond acceptors (Lipinski definition) is 15. The average molecular weight is 1010 g/mol. The molecule has 0 rings (SSSR count). The van der Waals surface area contributed by atoms with Gasteiger partial charge in [-0.3, -0.25) is 28.1 Å². The van der Waals surface area contributed by atoms with E-state index in [1.165, 1.54) is 0 Å². The third kappa shape index (κ3) is 28.4. The van der Waals surface area contributed by atoms with Crippen LogP contribution in [0.25, 0.3) is 0 Å². The van der Waals surface area contributed by atoms with Crippen LogP contribution in [0.1, 0.15) is 133 Å². The molecule has 0 aliphatic carbocycles. The van der Waals surface area contributed by atoms with Crippen LogP contribution in [0, 0.1) is 5.41 Å². The number of rotatable bonds is 46. The molecule has 0 heterocycles. The molecule has 0 spiro atoms. The Morgan fingerprint density at radius 1 is 0.379 bits per heavy atom. The van der Waals surface area contributed by atoms with E-state index in [4.69, 9.17) is 41.4 Å². The molecule has 21 heteroatoms. The molecule has 392 valence electrons. The van der Waals surface area contributed by atoms with Gasteiger partial charge in [-0.15, -0.1) is 0 Å². The lowest BCUT2D eigenvalue weighted by atomic mass is 9.88. The van der Waals surface area contributed by atoms with E-state index in [1.807, 2.05) is 20.8 Å². The van der Waals surface area contributed by atoms with Crippen molar-refractivity contribution in [2.75, 3.05) is 137 Å². The number of ether oxygens (including phenoxy) is 3. The van der Waals surface area contributed by atoms with E-state index >= 15 is 0 Å². The Hall–Kier alpha value is -1.26. The molecule has 0 N–H and O–H groups in total. The van der Waals surface area contributed by atoms with Crippen molar-refractivity contribution in [3.05, 3.63) is 0 Å². The average Bonchev–Trinajstić information content (AvgIpc) is 3.26. The fourth-order valence-corrected chi connectivity index (χ4v) is 11.6. The van der Waals surface area contributed by atoms with Gasteiger partial charge in [0.2, 0.25) is 17.7 Å². The fourth-order valence-electron chi connectivity index (χ4n) is 6.86. The summed E-state index contributed by atoms with van der Waals surface area (Å²) in [5.41, 5.74) is -0.544. The first kappa shape index (κ1) is 64.7. The number of hydrogen-bond donors (Lipinski definition) is 0. The SMILES string of the molecule is CCCCN(CCCOCC(CC)(COCCCN(CCCC)C(=O)CP(=O)(OCC)OCC)COCCCN(CCCC)C(=O)CP(=O)(OCC)OCC)C(=O)CP(=O)(OCC)OCC. The molecule has 0 aromatic rings. The molecular formula is C45H92N3O15P3. The van der Waals surface area contributed by atoms with Crippen LogP contribution in [0.15, 0.2) is 0 Å². The van der Waals surface area contributed by atoms with Gasteiger partial charge in [-0.1, -0.05) is 47.0 Å². The molecule has 0 saturated heterocycles. The Balaban J connectivity index is 5.93. The van der Waals surface area contributed by atoms with E-state index < -0.39 is 28.2 Å². The topological polar surface area (TPSA) is 195 Å². The molecule has 0 saturated carbocycles. The van der Waals surface area contributed by atoms with Crippen LogP contribution in [0.5, 0.6) is 0 Å². The molecule has 0 unspecified atom stereocenters. The molecule has 0 aromatic heterocycles. The highest BCUT2D eigenvalue weighted by atomic mass is 31.2. The standard InChI is InChI=1S/C45H92N3O15P3/c1-11-21-27-46(42(49)36-64(52,58-15-5)59-16-6)30-24-33-55-39-45(14-4,40-56-34-25-31-47(28-22-12-2)43(50)37-65(53,60-17-7)61-18-8)41-57-35-26-32-48(29-23-13-3)44(51)38-66(54,62-19-9)63-20-10/h11-41H2,1-10H3. The summed E-state index contributed by atoms with van der Waals surface area (Å²) in [7, 11) is -10.7. The summed E-state index contributed by atoms with van der Waals surface area (Å²) in [6.45, 7) is 24.4. The molecule has 0 aromatic carbocycles. The summed E-state index contributed by atoms with van der Waals surface area (Å²) in [4.78, 5) is 45.2. The van der Waals surface area contributed by atoms with Crippen molar-refractivity contribution >= 4 is 40.5 Å². The van der Waals surface area contributed by atoms with Gasteiger partial charge in [0.1, 0.15) is 18.5 Å². The Bertz CT molecular complexity index is 1240. The van der Waals surface area contributed by atoms with Crippen LogP contribution in [0.2, 0.25) is 0 Å². The third-order valence-electron chi connectivity index (χ3n) is 10.5. The van der Waals surface area contributed by atoms with Crippen molar-refractivity contribution in [3.8, 4) is 0 Å². The molecule has 3 amide bonds. The highest BCUT2D eigenvalue weighted by molar-refractivity contribution is 7.55. The van der Waals surface area contributed by atoms with Gasteiger partial charge in [0.25, 0.3) is 0 Å². The Kier molecular flexibility index (Phi) is 37.8. The van der Waals surface area contributed by atoms with Gasteiger partial charge in [-0.2, -0.15) is 0 Å². The van der Waals surface area contributed by atoms with E-state index in [1.54, 1.807) is 56.2 Å². The monoisotopic (exact) mass is 1010 g/mol. The molecular weight excluding hydrogens is 915 g/mol. The van der Waals surface area contributed by atoms with Crippen molar-refractivity contribution in [1.29, 1.82) is 0 Å². The van der Waals surface area contributed by atoms with Crippen LogP contribution in [-0.2, 0) is 69.4 Å². The largest absolute Gasteiger partial charge is 0.381 e. The second kappa shape index (κ2) is 38.5. The first-order valence-corrected chi connectivity index (χ1v) is 30.0. The van der Waals surface area contributed by atoms with E-state index in [2.05, 4.69) is 6.92 Å². The van der Waals surface area contributed by atoms with Crippen LogP contribution in [-0.4, -0.2) is 169 Å². The predicted octanol–water partition coefficient (Wildman–Crippen LogP) is 9.29. The highest BCUT2D eigenvalue weighted by Crippen LogP contribution is 2.49. The molecule has 66 heavy (non-hydrogen) atoms. The first-order chi connectivity index (χ1) is 31.6. The highest BCUT2D eigenvalue weighted by Gasteiger charge is 2.34. The van der Waals surface area contributed by atoms with E-state index in [0.717, 1.165) is 38.5 Å². The zero-order chi connectivity index (χ0) is 49.7. The maximum Gasteiger partial charge on any atom is 0.340 e. The van der Waals surface area contributed by atoms with Gasteiger partial charge >= 0.3 is 22.8 Å². The molecule has 0 atom stereocenters. The second-order valence-corrected chi connectivity index (χ2v) is 22.3. The Morgan fingerprint density at radius 2 is 0.606 bits per heavy atom. The van der Waals surface area contributed by atoms with Gasteiger partial charge < -0.3 is 56.1 Å². The summed E-state index contributed by atoms with van der Waals surface area (Å²) in [5, 5.41) is 0. The van der Waals surface area contributed by atoms with Crippen LogP contribution < -0.4 is 0 Å². The number of nitrogens with zero attached hydrogens (tertiary/aromatic N) is 3. The maximum atomic E-state index is 13.3. The summed E-state index contributed by atoms with van der Waals surface area (Å²) < 4.78 is 90.7. The summed E-state index contributed by atoms with van der Waals surface area (Å²) >= 11 is 0. The zero-order valence-electron chi connectivity index (χ0n) is 42.7. The Labute approximate surface area is 399 Å². The van der Waals surface area contributed by atoms with Crippen molar-refractivity contribution < 1.29 is 69.4 Å². The smallest absolute Gasteiger partial charge is 0.340 e. The number of carbonyl (C=O) groups excluding carboxylic acids is 3. The van der Waals surface area contributed by atoms with Crippen LogP contribution in [0.3, 0.4) is 0 Å². The lowest BCUT2D eigenvalue weighted by Gasteiger charge is -2.33. The Morgan fingerprint density at radius 3 is 0.803 bits per heavy atom.